The number of carbonyl (C=O) groups is 1. The molecule has 0 unspecified atom stereocenters. The zero-order valence-corrected chi connectivity index (χ0v) is 17.7. The second-order valence-corrected chi connectivity index (χ2v) is 9.61. The normalized spacial score (nSPS) is 15.0. The second-order valence-electron chi connectivity index (χ2n) is 7.24. The fourth-order valence-corrected chi connectivity index (χ4v) is 5.29. The van der Waals surface area contributed by atoms with Crippen molar-refractivity contribution >= 4 is 55.5 Å². The zero-order valence-electron chi connectivity index (χ0n) is 16.2. The van der Waals surface area contributed by atoms with Gasteiger partial charge in [0.1, 0.15) is 5.52 Å². The quantitative estimate of drug-likeness (QED) is 0.486. The van der Waals surface area contributed by atoms with Gasteiger partial charge in [0.25, 0.3) is 11.9 Å². The number of hydrogen-bond acceptors (Lipinski definition) is 6. The Labute approximate surface area is 182 Å². The number of H-pyrrole nitrogens is 1. The van der Waals surface area contributed by atoms with Crippen molar-refractivity contribution in [2.45, 2.75) is 17.7 Å². The number of halogens is 1. The molecule has 1 saturated heterocycles. The maximum Gasteiger partial charge on any atom is 0.258 e. The molecule has 2 aromatic carbocycles. The number of benzene rings is 2. The fourth-order valence-electron chi connectivity index (χ4n) is 3.62. The third kappa shape index (κ3) is 3.62. The standard InChI is InChI=1S/C20H17ClN6O3S/c21-13-5-3-12(4-6-13)19(28)24-20-23-18-17(25-26-20)15-11-14(7-8-16(15)22-18)31(29,30)27-9-1-2-10-27/h3-8,11H,1-2,9-10H2,(H2,22,23,24,26,28). The molecule has 0 atom stereocenters. The van der Waals surface area contributed by atoms with Crippen molar-refractivity contribution in [2.75, 3.05) is 18.4 Å². The van der Waals surface area contributed by atoms with Gasteiger partial charge < -0.3 is 4.98 Å². The molecule has 4 aromatic rings. The van der Waals surface area contributed by atoms with Gasteiger partial charge in [-0.3, -0.25) is 10.1 Å². The molecular weight excluding hydrogens is 440 g/mol. The molecule has 0 saturated carbocycles. The van der Waals surface area contributed by atoms with E-state index in [0.717, 1.165) is 12.8 Å². The van der Waals surface area contributed by atoms with E-state index >= 15 is 0 Å². The first-order valence-corrected chi connectivity index (χ1v) is 11.5. The van der Waals surface area contributed by atoms with Crippen LogP contribution in [-0.4, -0.2) is 51.9 Å². The second kappa shape index (κ2) is 7.56. The molecule has 2 aromatic heterocycles. The number of rotatable bonds is 4. The third-order valence-corrected chi connectivity index (χ3v) is 7.37. The lowest BCUT2D eigenvalue weighted by molar-refractivity contribution is 0.102. The summed E-state index contributed by atoms with van der Waals surface area (Å²) in [7, 11) is -3.55. The van der Waals surface area contributed by atoms with Crippen molar-refractivity contribution in [1.82, 2.24) is 24.5 Å². The first kappa shape index (κ1) is 19.9. The molecule has 0 aliphatic carbocycles. The number of amides is 1. The molecule has 2 N–H and O–H groups in total. The molecule has 0 spiro atoms. The highest BCUT2D eigenvalue weighted by molar-refractivity contribution is 7.89. The summed E-state index contributed by atoms with van der Waals surface area (Å²) in [4.78, 5) is 20.0. The highest BCUT2D eigenvalue weighted by atomic mass is 35.5. The summed E-state index contributed by atoms with van der Waals surface area (Å²) in [5.74, 6) is -0.364. The molecule has 1 aliphatic heterocycles. The minimum atomic E-state index is -3.55. The van der Waals surface area contributed by atoms with Crippen LogP contribution in [0, 0.1) is 0 Å². The van der Waals surface area contributed by atoms with Crippen LogP contribution in [0.3, 0.4) is 0 Å². The van der Waals surface area contributed by atoms with E-state index in [9.17, 15) is 13.2 Å². The lowest BCUT2D eigenvalue weighted by Crippen LogP contribution is -2.27. The van der Waals surface area contributed by atoms with Gasteiger partial charge in [-0.2, -0.15) is 9.29 Å². The average molecular weight is 457 g/mol. The van der Waals surface area contributed by atoms with Crippen LogP contribution in [-0.2, 0) is 10.0 Å². The first-order chi connectivity index (χ1) is 14.9. The van der Waals surface area contributed by atoms with Crippen molar-refractivity contribution in [3.8, 4) is 0 Å². The summed E-state index contributed by atoms with van der Waals surface area (Å²) < 4.78 is 27.2. The van der Waals surface area contributed by atoms with E-state index in [4.69, 9.17) is 11.6 Å². The zero-order chi connectivity index (χ0) is 21.6. The van der Waals surface area contributed by atoms with Crippen LogP contribution in [0.1, 0.15) is 23.2 Å². The molecule has 1 fully saturated rings. The van der Waals surface area contributed by atoms with Crippen LogP contribution >= 0.6 is 11.6 Å². The van der Waals surface area contributed by atoms with Crippen LogP contribution in [0.5, 0.6) is 0 Å². The first-order valence-electron chi connectivity index (χ1n) is 9.65. The fraction of sp³-hybridized carbons (Fsp3) is 0.200. The van der Waals surface area contributed by atoms with E-state index in [1.807, 2.05) is 0 Å². The van der Waals surface area contributed by atoms with Crippen molar-refractivity contribution in [3.05, 3.63) is 53.1 Å². The molecule has 3 heterocycles. The lowest BCUT2D eigenvalue weighted by Gasteiger charge is -2.15. The molecule has 11 heteroatoms. The number of aromatic amines is 1. The molecule has 0 bridgehead atoms. The molecule has 31 heavy (non-hydrogen) atoms. The Morgan fingerprint density at radius 2 is 1.81 bits per heavy atom. The predicted molar refractivity (Wildman–Crippen MR) is 117 cm³/mol. The topological polar surface area (TPSA) is 121 Å². The number of fused-ring (bicyclic) bond motifs is 3. The number of anilines is 1. The van der Waals surface area contributed by atoms with Gasteiger partial charge in [0.2, 0.25) is 10.0 Å². The number of aromatic nitrogens is 4. The minimum absolute atomic E-state index is 0.0314. The number of carbonyl (C=O) groups excluding carboxylic acids is 1. The SMILES string of the molecule is O=C(Nc1nnc2c(n1)[nH]c1ccc(S(=O)(=O)N3CCCC3)cc12)c1ccc(Cl)cc1. The summed E-state index contributed by atoms with van der Waals surface area (Å²) >= 11 is 5.85. The van der Waals surface area contributed by atoms with Crippen LogP contribution in [0.25, 0.3) is 22.1 Å². The molecule has 0 radical (unpaired) electrons. The van der Waals surface area contributed by atoms with Gasteiger partial charge in [-0.25, -0.2) is 8.42 Å². The summed E-state index contributed by atoms with van der Waals surface area (Å²) in [6.45, 7) is 1.07. The van der Waals surface area contributed by atoms with Crippen LogP contribution in [0.15, 0.2) is 47.4 Å². The number of hydrogen-bond donors (Lipinski definition) is 2. The molecule has 1 aliphatic rings. The van der Waals surface area contributed by atoms with Crippen LogP contribution < -0.4 is 5.32 Å². The van der Waals surface area contributed by atoms with Gasteiger partial charge >= 0.3 is 0 Å². The summed E-state index contributed by atoms with van der Waals surface area (Å²) in [5.41, 5.74) is 1.91. The summed E-state index contributed by atoms with van der Waals surface area (Å²) in [6, 6.07) is 11.3. The van der Waals surface area contributed by atoms with Crippen molar-refractivity contribution in [2.24, 2.45) is 0 Å². The van der Waals surface area contributed by atoms with Crippen molar-refractivity contribution in [1.29, 1.82) is 0 Å². The van der Waals surface area contributed by atoms with E-state index in [-0.39, 0.29) is 10.8 Å². The molecule has 9 nitrogen and oxygen atoms in total. The van der Waals surface area contributed by atoms with Gasteiger partial charge in [-0.15, -0.1) is 10.2 Å². The minimum Gasteiger partial charge on any atom is -0.338 e. The Morgan fingerprint density at radius 3 is 2.55 bits per heavy atom. The van der Waals surface area contributed by atoms with E-state index in [1.54, 1.807) is 42.5 Å². The largest absolute Gasteiger partial charge is 0.338 e. The van der Waals surface area contributed by atoms with E-state index in [2.05, 4.69) is 25.5 Å². The molecule has 158 valence electrons. The van der Waals surface area contributed by atoms with Crippen molar-refractivity contribution in [3.63, 3.8) is 0 Å². The number of sulfonamides is 1. The Morgan fingerprint density at radius 1 is 1.06 bits per heavy atom. The monoisotopic (exact) mass is 456 g/mol. The van der Waals surface area contributed by atoms with E-state index < -0.39 is 15.9 Å². The van der Waals surface area contributed by atoms with Gasteiger partial charge in [0.15, 0.2) is 5.65 Å². The maximum absolute atomic E-state index is 12.9. The maximum atomic E-state index is 12.9. The highest BCUT2D eigenvalue weighted by Gasteiger charge is 2.27. The molecule has 5 rings (SSSR count). The van der Waals surface area contributed by atoms with Crippen LogP contribution in [0.2, 0.25) is 5.02 Å². The third-order valence-electron chi connectivity index (χ3n) is 5.22. The Kier molecular flexibility index (Phi) is 4.84. The van der Waals surface area contributed by atoms with Gasteiger partial charge in [-0.05, 0) is 55.3 Å². The Balaban J connectivity index is 1.48. The summed E-state index contributed by atoms with van der Waals surface area (Å²) in [6.07, 6.45) is 1.74. The lowest BCUT2D eigenvalue weighted by atomic mass is 10.2. The van der Waals surface area contributed by atoms with Gasteiger partial charge in [0.05, 0.1) is 4.90 Å². The predicted octanol–water partition coefficient (Wildman–Crippen LogP) is 3.20. The van der Waals surface area contributed by atoms with Gasteiger partial charge in [-0.1, -0.05) is 11.6 Å². The van der Waals surface area contributed by atoms with Crippen molar-refractivity contribution < 1.29 is 13.2 Å². The number of nitrogens with one attached hydrogen (secondary N) is 2. The van der Waals surface area contributed by atoms with Crippen LogP contribution in [0.4, 0.5) is 5.95 Å². The average Bonchev–Trinajstić information content (AvgIpc) is 3.42. The smallest absolute Gasteiger partial charge is 0.258 e. The Hall–Kier alpha value is -3.08. The summed E-state index contributed by atoms with van der Waals surface area (Å²) in [5, 5.41) is 11.9. The highest BCUT2D eigenvalue weighted by Crippen LogP contribution is 2.28. The number of nitrogens with zero attached hydrogens (tertiary/aromatic N) is 4. The Bertz CT molecular complexity index is 1410. The van der Waals surface area contributed by atoms with Gasteiger partial charge in [0, 0.05) is 34.6 Å². The molecular formula is C20H17ClN6O3S. The molecule has 1 amide bonds. The van der Waals surface area contributed by atoms with E-state index in [1.165, 1.54) is 4.31 Å². The van der Waals surface area contributed by atoms with E-state index in [0.29, 0.717) is 45.7 Å².